The Morgan fingerprint density at radius 2 is 1.77 bits per heavy atom. The molecule has 7 nitrogen and oxygen atoms in total. The van der Waals surface area contributed by atoms with E-state index in [1.165, 1.54) is 35.5 Å². The molecule has 2 N–H and O–H groups in total. The summed E-state index contributed by atoms with van der Waals surface area (Å²) < 4.78 is 17.4. The zero-order valence-electron chi connectivity index (χ0n) is 19.8. The van der Waals surface area contributed by atoms with Crippen molar-refractivity contribution in [3.05, 3.63) is 91.3 Å². The molecule has 0 amide bonds. The molecule has 0 saturated carbocycles. The molecule has 0 fully saturated rings. The minimum atomic E-state index is -0.457. The second-order valence-electron chi connectivity index (χ2n) is 8.98. The molecule has 4 rings (SSSR count). The van der Waals surface area contributed by atoms with Crippen LogP contribution < -0.4 is 17.0 Å². The summed E-state index contributed by atoms with van der Waals surface area (Å²) in [6.07, 6.45) is 0.474. The van der Waals surface area contributed by atoms with Gasteiger partial charge in [0.1, 0.15) is 5.82 Å². The second kappa shape index (κ2) is 10.0. The SMILES string of the molecule is Cn1c(=O)c2c(nc(SC(C)(C)CN)n2Cc2ccccc2Cl)n(CCc2ccc(F)cc2)c1=O. The third kappa shape index (κ3) is 5.22. The predicted octanol–water partition coefficient (Wildman–Crippen LogP) is 3.81. The van der Waals surface area contributed by atoms with E-state index in [1.54, 1.807) is 18.2 Å². The maximum absolute atomic E-state index is 13.3. The van der Waals surface area contributed by atoms with Crippen molar-refractivity contribution >= 4 is 34.5 Å². The summed E-state index contributed by atoms with van der Waals surface area (Å²) in [5.74, 6) is -0.321. The van der Waals surface area contributed by atoms with Crippen molar-refractivity contribution in [2.24, 2.45) is 12.8 Å². The molecule has 184 valence electrons. The third-order valence-corrected chi connectivity index (χ3v) is 7.46. The number of aromatic nitrogens is 4. The highest BCUT2D eigenvalue weighted by Crippen LogP contribution is 2.33. The summed E-state index contributed by atoms with van der Waals surface area (Å²) in [5, 5.41) is 1.15. The van der Waals surface area contributed by atoms with Crippen LogP contribution in [0.15, 0.2) is 63.3 Å². The number of nitrogens with zero attached hydrogens (tertiary/aromatic N) is 4. The van der Waals surface area contributed by atoms with Gasteiger partial charge in [-0.05, 0) is 49.6 Å². The first-order valence-corrected chi connectivity index (χ1v) is 12.4. The average molecular weight is 516 g/mol. The van der Waals surface area contributed by atoms with E-state index < -0.39 is 11.2 Å². The van der Waals surface area contributed by atoms with Crippen LogP contribution in [0.5, 0.6) is 0 Å². The first-order chi connectivity index (χ1) is 16.6. The fourth-order valence-electron chi connectivity index (χ4n) is 3.74. The normalized spacial score (nSPS) is 11.9. The highest BCUT2D eigenvalue weighted by atomic mass is 35.5. The van der Waals surface area contributed by atoms with Crippen molar-refractivity contribution in [1.29, 1.82) is 0 Å². The Morgan fingerprint density at radius 3 is 2.43 bits per heavy atom. The maximum Gasteiger partial charge on any atom is 0.332 e. The lowest BCUT2D eigenvalue weighted by atomic mass is 10.1. The molecule has 0 aliphatic rings. The van der Waals surface area contributed by atoms with Gasteiger partial charge in [-0.25, -0.2) is 14.2 Å². The van der Waals surface area contributed by atoms with E-state index in [-0.39, 0.29) is 17.1 Å². The predicted molar refractivity (Wildman–Crippen MR) is 139 cm³/mol. The van der Waals surface area contributed by atoms with Gasteiger partial charge in [-0.3, -0.25) is 13.9 Å². The zero-order valence-corrected chi connectivity index (χ0v) is 21.4. The lowest BCUT2D eigenvalue weighted by Crippen LogP contribution is -2.39. The van der Waals surface area contributed by atoms with Crippen LogP contribution in [0.1, 0.15) is 25.0 Å². The molecular formula is C25H27ClFN5O2S. The number of halogens is 2. The standard InChI is InChI=1S/C25H27ClFN5O2S/c1-25(2,15-28)35-23-29-21-20(32(23)14-17-6-4-5-7-19(17)26)22(33)30(3)24(34)31(21)13-12-16-8-10-18(27)11-9-16/h4-11H,12-15,28H2,1-3H3. The first-order valence-electron chi connectivity index (χ1n) is 11.2. The summed E-state index contributed by atoms with van der Waals surface area (Å²) in [6.45, 7) is 4.97. The van der Waals surface area contributed by atoms with E-state index >= 15 is 0 Å². The highest BCUT2D eigenvalue weighted by molar-refractivity contribution is 8.00. The molecule has 0 bridgehead atoms. The van der Waals surface area contributed by atoms with Crippen molar-refractivity contribution < 1.29 is 4.39 Å². The van der Waals surface area contributed by atoms with E-state index in [0.29, 0.717) is 40.9 Å². The third-order valence-electron chi connectivity index (χ3n) is 5.88. The maximum atomic E-state index is 13.3. The summed E-state index contributed by atoms with van der Waals surface area (Å²) in [6, 6.07) is 13.5. The molecule has 2 heterocycles. The van der Waals surface area contributed by atoms with Crippen molar-refractivity contribution in [2.45, 2.75) is 43.3 Å². The van der Waals surface area contributed by atoms with Gasteiger partial charge in [-0.1, -0.05) is 53.7 Å². The first kappa shape index (κ1) is 25.2. The Kier molecular flexibility index (Phi) is 7.21. The minimum Gasteiger partial charge on any atom is -0.329 e. The summed E-state index contributed by atoms with van der Waals surface area (Å²) in [7, 11) is 1.46. The van der Waals surface area contributed by atoms with Crippen LogP contribution in [0.25, 0.3) is 11.2 Å². The lowest BCUT2D eigenvalue weighted by molar-refractivity contribution is 0.613. The molecule has 4 aromatic rings. The van der Waals surface area contributed by atoms with E-state index in [2.05, 4.69) is 0 Å². The second-order valence-corrected chi connectivity index (χ2v) is 11.1. The molecule has 0 unspecified atom stereocenters. The summed E-state index contributed by atoms with van der Waals surface area (Å²) in [5.41, 5.74) is 7.42. The Bertz CT molecular complexity index is 1490. The molecule has 2 aromatic heterocycles. The lowest BCUT2D eigenvalue weighted by Gasteiger charge is -2.21. The van der Waals surface area contributed by atoms with Crippen LogP contribution >= 0.6 is 23.4 Å². The van der Waals surface area contributed by atoms with E-state index in [9.17, 15) is 14.0 Å². The van der Waals surface area contributed by atoms with Gasteiger partial charge in [0.15, 0.2) is 16.3 Å². The van der Waals surface area contributed by atoms with Crippen LogP contribution in [-0.4, -0.2) is 30.0 Å². The molecule has 0 aliphatic heterocycles. The number of thioether (sulfide) groups is 1. The van der Waals surface area contributed by atoms with Crippen molar-refractivity contribution in [3.8, 4) is 0 Å². The van der Waals surface area contributed by atoms with Gasteiger partial charge in [-0.15, -0.1) is 0 Å². The monoisotopic (exact) mass is 515 g/mol. The number of imidazole rings is 1. The number of nitrogens with two attached hydrogens (primary N) is 1. The number of aryl methyl sites for hydroxylation is 2. The van der Waals surface area contributed by atoms with Gasteiger partial charge in [0.2, 0.25) is 0 Å². The van der Waals surface area contributed by atoms with Crippen LogP contribution in [0.2, 0.25) is 5.02 Å². The molecule has 10 heteroatoms. The Balaban J connectivity index is 1.90. The van der Waals surface area contributed by atoms with Crippen LogP contribution in [0, 0.1) is 5.82 Å². The van der Waals surface area contributed by atoms with Gasteiger partial charge in [0, 0.05) is 29.9 Å². The minimum absolute atomic E-state index is 0.280. The van der Waals surface area contributed by atoms with Crippen LogP contribution in [0.4, 0.5) is 4.39 Å². The zero-order chi connectivity index (χ0) is 25.3. The van der Waals surface area contributed by atoms with Crippen molar-refractivity contribution in [2.75, 3.05) is 6.54 Å². The van der Waals surface area contributed by atoms with Gasteiger partial charge >= 0.3 is 5.69 Å². The fourth-order valence-corrected chi connectivity index (χ4v) is 4.91. The van der Waals surface area contributed by atoms with E-state index in [0.717, 1.165) is 15.7 Å². The highest BCUT2D eigenvalue weighted by Gasteiger charge is 2.26. The Hall–Kier alpha value is -2.88. The van der Waals surface area contributed by atoms with Crippen LogP contribution in [0.3, 0.4) is 0 Å². The van der Waals surface area contributed by atoms with E-state index in [1.807, 2.05) is 36.6 Å². The molecule has 0 radical (unpaired) electrons. The summed E-state index contributed by atoms with van der Waals surface area (Å²) in [4.78, 5) is 31.2. The number of rotatable bonds is 8. The molecule has 0 spiro atoms. The molecule has 0 aliphatic carbocycles. The van der Waals surface area contributed by atoms with Gasteiger partial charge in [0.25, 0.3) is 5.56 Å². The van der Waals surface area contributed by atoms with Gasteiger partial charge < -0.3 is 10.3 Å². The number of benzene rings is 2. The topological polar surface area (TPSA) is 87.8 Å². The molecule has 0 atom stereocenters. The number of hydrogen-bond donors (Lipinski definition) is 1. The van der Waals surface area contributed by atoms with Gasteiger partial charge in [0.05, 0.1) is 6.54 Å². The van der Waals surface area contributed by atoms with E-state index in [4.69, 9.17) is 22.3 Å². The van der Waals surface area contributed by atoms with Crippen LogP contribution in [-0.2, 0) is 26.6 Å². The van der Waals surface area contributed by atoms with Crippen molar-refractivity contribution in [1.82, 2.24) is 18.7 Å². The van der Waals surface area contributed by atoms with Crippen molar-refractivity contribution in [3.63, 3.8) is 0 Å². The molecule has 2 aromatic carbocycles. The molecule has 0 saturated heterocycles. The Labute approximate surface area is 211 Å². The smallest absolute Gasteiger partial charge is 0.329 e. The average Bonchev–Trinajstić information content (AvgIpc) is 3.17. The number of hydrogen-bond acceptors (Lipinski definition) is 5. The largest absolute Gasteiger partial charge is 0.332 e. The Morgan fingerprint density at radius 1 is 1.09 bits per heavy atom. The quantitative estimate of drug-likeness (QED) is 0.360. The number of fused-ring (bicyclic) bond motifs is 1. The fraction of sp³-hybridized carbons (Fsp3) is 0.320. The molecular weight excluding hydrogens is 489 g/mol. The van der Waals surface area contributed by atoms with Gasteiger partial charge in [-0.2, -0.15) is 0 Å². The summed E-state index contributed by atoms with van der Waals surface area (Å²) >= 11 is 7.88. The molecule has 35 heavy (non-hydrogen) atoms.